The summed E-state index contributed by atoms with van der Waals surface area (Å²) in [6.45, 7) is 7.13. The van der Waals surface area contributed by atoms with Crippen molar-refractivity contribution in [1.82, 2.24) is 9.97 Å². The summed E-state index contributed by atoms with van der Waals surface area (Å²) in [4.78, 5) is 8.93. The van der Waals surface area contributed by atoms with E-state index in [0.717, 1.165) is 18.6 Å². The van der Waals surface area contributed by atoms with Crippen molar-refractivity contribution in [2.45, 2.75) is 50.9 Å². The highest BCUT2D eigenvalue weighted by atomic mass is 16.5. The normalized spacial score (nSPS) is 27.6. The molecule has 120 valence electrons. The van der Waals surface area contributed by atoms with E-state index >= 15 is 0 Å². The number of rotatable bonds is 1. The highest BCUT2D eigenvalue weighted by Crippen LogP contribution is 2.55. The van der Waals surface area contributed by atoms with Gasteiger partial charge in [0, 0.05) is 17.0 Å². The Bertz CT molecular complexity index is 768. The molecule has 23 heavy (non-hydrogen) atoms. The molecule has 2 atom stereocenters. The van der Waals surface area contributed by atoms with Gasteiger partial charge in [-0.2, -0.15) is 0 Å². The standard InChI is InChI=1S/C20H24N2O/c1-19(2)17-8-6-13-5-7-15(23-4)9-16(13)20(17,3)10-14-11-21-12-22-18(14)19/h5,7,9,11-12,17H,6,8,10H2,1-4H3/t17-,20+/m0/s1. The van der Waals surface area contributed by atoms with Crippen molar-refractivity contribution in [2.24, 2.45) is 5.92 Å². The molecule has 0 bridgehead atoms. The van der Waals surface area contributed by atoms with Gasteiger partial charge in [-0.15, -0.1) is 0 Å². The van der Waals surface area contributed by atoms with Gasteiger partial charge < -0.3 is 4.74 Å². The number of fused-ring (bicyclic) bond motifs is 4. The van der Waals surface area contributed by atoms with E-state index in [9.17, 15) is 0 Å². The number of hydrogen-bond donors (Lipinski definition) is 0. The van der Waals surface area contributed by atoms with Gasteiger partial charge >= 0.3 is 0 Å². The number of benzene rings is 1. The molecule has 2 aliphatic rings. The maximum absolute atomic E-state index is 5.50. The molecular weight excluding hydrogens is 284 g/mol. The van der Waals surface area contributed by atoms with Crippen LogP contribution in [0.1, 0.15) is 49.6 Å². The zero-order valence-electron chi connectivity index (χ0n) is 14.4. The molecule has 1 aromatic heterocycles. The maximum Gasteiger partial charge on any atom is 0.119 e. The van der Waals surface area contributed by atoms with Gasteiger partial charge in [-0.25, -0.2) is 9.97 Å². The third-order valence-electron chi connectivity index (χ3n) is 6.23. The second kappa shape index (κ2) is 4.80. The van der Waals surface area contributed by atoms with Crippen LogP contribution in [0.4, 0.5) is 0 Å². The molecule has 3 nitrogen and oxygen atoms in total. The van der Waals surface area contributed by atoms with E-state index in [1.54, 1.807) is 13.4 Å². The lowest BCUT2D eigenvalue weighted by atomic mass is 9.50. The molecule has 0 amide bonds. The van der Waals surface area contributed by atoms with Gasteiger partial charge in [0.15, 0.2) is 0 Å². The number of hydrogen-bond acceptors (Lipinski definition) is 3. The van der Waals surface area contributed by atoms with Gasteiger partial charge in [-0.05, 0) is 54.0 Å². The molecule has 0 fully saturated rings. The van der Waals surface area contributed by atoms with Crippen LogP contribution in [0, 0.1) is 5.92 Å². The number of methoxy groups -OCH3 is 1. The smallest absolute Gasteiger partial charge is 0.119 e. The van der Waals surface area contributed by atoms with Crippen LogP contribution in [-0.4, -0.2) is 17.1 Å². The van der Waals surface area contributed by atoms with E-state index in [0.29, 0.717) is 5.92 Å². The van der Waals surface area contributed by atoms with Crippen LogP contribution >= 0.6 is 0 Å². The molecule has 0 N–H and O–H groups in total. The zero-order valence-corrected chi connectivity index (χ0v) is 14.4. The van der Waals surface area contributed by atoms with E-state index in [1.807, 2.05) is 6.20 Å². The zero-order chi connectivity index (χ0) is 16.2. The van der Waals surface area contributed by atoms with E-state index in [-0.39, 0.29) is 10.8 Å². The second-order valence-corrected chi connectivity index (χ2v) is 7.83. The number of aromatic nitrogens is 2. The lowest BCUT2D eigenvalue weighted by Gasteiger charge is -2.54. The number of ether oxygens (including phenoxy) is 1. The van der Waals surface area contributed by atoms with Crippen LogP contribution in [0.15, 0.2) is 30.7 Å². The molecule has 2 aliphatic carbocycles. The monoisotopic (exact) mass is 308 g/mol. The minimum absolute atomic E-state index is 0.0615. The predicted octanol–water partition coefficient (Wildman–Crippen LogP) is 3.84. The Morgan fingerprint density at radius 2 is 2.00 bits per heavy atom. The molecule has 0 aliphatic heterocycles. The number of nitrogens with zero attached hydrogens (tertiary/aromatic N) is 2. The molecular formula is C20H24N2O. The fraction of sp³-hybridized carbons (Fsp3) is 0.500. The van der Waals surface area contributed by atoms with Crippen LogP contribution < -0.4 is 4.74 Å². The summed E-state index contributed by atoms with van der Waals surface area (Å²) in [5, 5.41) is 0. The first-order valence-corrected chi connectivity index (χ1v) is 8.43. The van der Waals surface area contributed by atoms with Crippen molar-refractivity contribution < 1.29 is 4.74 Å². The minimum Gasteiger partial charge on any atom is -0.497 e. The Hall–Kier alpha value is -1.90. The van der Waals surface area contributed by atoms with Gasteiger partial charge in [-0.1, -0.05) is 26.8 Å². The predicted molar refractivity (Wildman–Crippen MR) is 90.9 cm³/mol. The topological polar surface area (TPSA) is 35.0 Å². The van der Waals surface area contributed by atoms with Gasteiger partial charge in [0.25, 0.3) is 0 Å². The van der Waals surface area contributed by atoms with Gasteiger partial charge in [0.1, 0.15) is 12.1 Å². The largest absolute Gasteiger partial charge is 0.497 e. The van der Waals surface area contributed by atoms with Crippen molar-refractivity contribution in [2.75, 3.05) is 7.11 Å². The molecule has 4 rings (SSSR count). The first-order chi connectivity index (χ1) is 11.0. The third-order valence-corrected chi connectivity index (χ3v) is 6.23. The van der Waals surface area contributed by atoms with E-state index < -0.39 is 0 Å². The fourth-order valence-corrected chi connectivity index (χ4v) is 5.24. The summed E-state index contributed by atoms with van der Waals surface area (Å²) in [5.74, 6) is 1.54. The van der Waals surface area contributed by atoms with Crippen molar-refractivity contribution in [1.29, 1.82) is 0 Å². The van der Waals surface area contributed by atoms with Crippen LogP contribution in [-0.2, 0) is 23.7 Å². The van der Waals surface area contributed by atoms with Crippen molar-refractivity contribution >= 4 is 0 Å². The maximum atomic E-state index is 5.50. The summed E-state index contributed by atoms with van der Waals surface area (Å²) in [5.41, 5.74) is 5.64. The molecule has 3 heteroatoms. The summed E-state index contributed by atoms with van der Waals surface area (Å²) >= 11 is 0. The Labute approximate surface area is 138 Å². The highest BCUT2D eigenvalue weighted by Gasteiger charge is 2.52. The molecule has 1 heterocycles. The minimum atomic E-state index is 0.0615. The van der Waals surface area contributed by atoms with Crippen molar-refractivity contribution in [3.63, 3.8) is 0 Å². The Kier molecular flexibility index (Phi) is 3.06. The SMILES string of the molecule is COc1ccc2c(c1)[C@@]1(C)Cc3cncnc3C(C)(C)[C@@H]1CC2. The Morgan fingerprint density at radius 3 is 2.78 bits per heavy atom. The molecule has 0 spiro atoms. The van der Waals surface area contributed by atoms with E-state index in [2.05, 4.69) is 48.9 Å². The molecule has 0 saturated carbocycles. The molecule has 1 aromatic carbocycles. The van der Waals surface area contributed by atoms with E-state index in [4.69, 9.17) is 4.74 Å². The fourth-order valence-electron chi connectivity index (χ4n) is 5.24. The lowest BCUT2D eigenvalue weighted by molar-refractivity contribution is 0.135. The van der Waals surface area contributed by atoms with Crippen LogP contribution in [0.3, 0.4) is 0 Å². The quantitative estimate of drug-likeness (QED) is 0.803. The highest BCUT2D eigenvalue weighted by molar-refractivity contribution is 5.47. The molecule has 0 saturated heterocycles. The van der Waals surface area contributed by atoms with Crippen LogP contribution in [0.25, 0.3) is 0 Å². The van der Waals surface area contributed by atoms with E-state index in [1.165, 1.54) is 28.8 Å². The van der Waals surface area contributed by atoms with Crippen LogP contribution in [0.5, 0.6) is 5.75 Å². The third kappa shape index (κ3) is 1.95. The van der Waals surface area contributed by atoms with Gasteiger partial charge in [0.2, 0.25) is 0 Å². The Morgan fingerprint density at radius 1 is 1.17 bits per heavy atom. The molecule has 0 radical (unpaired) electrons. The first-order valence-electron chi connectivity index (χ1n) is 8.43. The summed E-state index contributed by atoms with van der Waals surface area (Å²) in [7, 11) is 1.75. The van der Waals surface area contributed by atoms with Gasteiger partial charge in [-0.3, -0.25) is 0 Å². The molecule has 2 aromatic rings. The van der Waals surface area contributed by atoms with Crippen molar-refractivity contribution in [3.8, 4) is 5.75 Å². The van der Waals surface area contributed by atoms with Gasteiger partial charge in [0.05, 0.1) is 12.8 Å². The van der Waals surface area contributed by atoms with Crippen LogP contribution in [0.2, 0.25) is 0 Å². The first kappa shape index (κ1) is 14.7. The second-order valence-electron chi connectivity index (χ2n) is 7.83. The van der Waals surface area contributed by atoms with Crippen molar-refractivity contribution in [3.05, 3.63) is 53.1 Å². The summed E-state index contributed by atoms with van der Waals surface area (Å²) < 4.78 is 5.50. The Balaban J connectivity index is 1.93. The average Bonchev–Trinajstić information content (AvgIpc) is 2.54. The number of aryl methyl sites for hydroxylation is 1. The summed E-state index contributed by atoms with van der Waals surface area (Å²) in [6, 6.07) is 6.60. The average molecular weight is 308 g/mol. The lowest BCUT2D eigenvalue weighted by Crippen LogP contribution is -2.52. The summed E-state index contributed by atoms with van der Waals surface area (Å²) in [6.07, 6.45) is 7.08. The molecule has 0 unspecified atom stereocenters.